The van der Waals surface area contributed by atoms with E-state index in [2.05, 4.69) is 25.9 Å². The predicted molar refractivity (Wildman–Crippen MR) is 113 cm³/mol. The molecule has 0 bridgehead atoms. The predicted octanol–water partition coefficient (Wildman–Crippen LogP) is 4.36. The van der Waals surface area contributed by atoms with E-state index in [0.29, 0.717) is 29.0 Å². The molecule has 1 unspecified atom stereocenters. The molecule has 3 aromatic rings. The maximum Gasteiger partial charge on any atom is 0.410 e. The Morgan fingerprint density at radius 2 is 2.07 bits per heavy atom. The number of aromatic carboxylic acids is 1. The number of nitrogens with zero attached hydrogens (tertiary/aromatic N) is 4. The summed E-state index contributed by atoms with van der Waals surface area (Å²) in [6, 6.07) is 9.47. The number of benzene rings is 1. The van der Waals surface area contributed by atoms with Gasteiger partial charge in [-0.25, -0.2) is 19.6 Å². The zero-order valence-electron chi connectivity index (χ0n) is 15.8. The smallest absolute Gasteiger partial charge is 0.410 e. The van der Waals surface area contributed by atoms with E-state index in [1.165, 1.54) is 10.6 Å². The zero-order valence-corrected chi connectivity index (χ0v) is 18.1. The lowest BCUT2D eigenvalue weighted by Gasteiger charge is -2.31. The molecule has 2 aromatic heterocycles. The summed E-state index contributed by atoms with van der Waals surface area (Å²) in [6.45, 7) is 1.14. The number of ether oxygens (including phenoxy) is 1. The number of carbonyl (C=O) groups is 2. The summed E-state index contributed by atoms with van der Waals surface area (Å²) in [5.74, 6) is -0.775. The lowest BCUT2D eigenvalue weighted by atomic mass is 9.97. The van der Waals surface area contributed by atoms with Gasteiger partial charge in [-0.3, -0.25) is 4.40 Å². The Bertz CT molecular complexity index is 1110. The largest absolute Gasteiger partial charge is 0.477 e. The van der Waals surface area contributed by atoms with Gasteiger partial charge < -0.3 is 14.7 Å². The van der Waals surface area contributed by atoms with Crippen molar-refractivity contribution in [3.63, 3.8) is 0 Å². The number of carboxylic acids is 1. The van der Waals surface area contributed by atoms with E-state index in [9.17, 15) is 14.7 Å². The molecule has 1 atom stereocenters. The molecule has 1 amide bonds. The Kier molecular flexibility index (Phi) is 5.92. The van der Waals surface area contributed by atoms with Crippen LogP contribution in [0.5, 0.6) is 0 Å². The number of aromatic nitrogens is 3. The summed E-state index contributed by atoms with van der Waals surface area (Å²) in [6.07, 6.45) is 2.32. The minimum atomic E-state index is -1.13. The number of imidazole rings is 1. The number of amides is 1. The molecule has 30 heavy (non-hydrogen) atoms. The normalized spacial score (nSPS) is 16.6. The first kappa shape index (κ1) is 20.6. The fourth-order valence-electron chi connectivity index (χ4n) is 3.66. The number of hydrogen-bond acceptors (Lipinski definition) is 5. The monoisotopic (exact) mass is 492 g/mol. The highest BCUT2D eigenvalue weighted by atomic mass is 79.9. The average Bonchev–Trinajstić information content (AvgIpc) is 3.11. The third kappa shape index (κ3) is 3.99. The van der Waals surface area contributed by atoms with Crippen LogP contribution in [0.15, 0.2) is 41.1 Å². The van der Waals surface area contributed by atoms with Crippen molar-refractivity contribution >= 4 is 45.1 Å². The molecule has 4 rings (SSSR count). The Morgan fingerprint density at radius 3 is 2.80 bits per heavy atom. The quantitative estimate of drug-likeness (QED) is 0.580. The Hall–Kier alpha value is -2.65. The van der Waals surface area contributed by atoms with Crippen LogP contribution in [0, 0.1) is 0 Å². The molecule has 1 aromatic carbocycles. The van der Waals surface area contributed by atoms with Crippen molar-refractivity contribution in [3.05, 3.63) is 63.4 Å². The second kappa shape index (κ2) is 8.61. The van der Waals surface area contributed by atoms with Crippen LogP contribution in [0.1, 0.15) is 40.6 Å². The second-order valence-electron chi connectivity index (χ2n) is 7.01. The summed E-state index contributed by atoms with van der Waals surface area (Å²) in [7, 11) is 0. The number of halogens is 2. The third-order valence-electron chi connectivity index (χ3n) is 5.07. The number of hydrogen-bond donors (Lipinski definition) is 1. The molecular formula is C20H18BrClN4O4. The van der Waals surface area contributed by atoms with E-state index in [4.69, 9.17) is 16.3 Å². The molecule has 0 saturated carbocycles. The van der Waals surface area contributed by atoms with Crippen LogP contribution in [-0.4, -0.2) is 49.5 Å². The van der Waals surface area contributed by atoms with E-state index in [1.54, 1.807) is 4.90 Å². The van der Waals surface area contributed by atoms with E-state index in [-0.39, 0.29) is 23.4 Å². The van der Waals surface area contributed by atoms with E-state index in [0.717, 1.165) is 18.4 Å². The molecule has 8 nitrogen and oxygen atoms in total. The SMILES string of the molecule is O=C(O)c1cnc(Cl)c2c(Br)nc(C3CCCN(C(=O)OCc4ccccc4)C3)n12. The molecule has 0 radical (unpaired) electrons. The van der Waals surface area contributed by atoms with Crippen molar-refractivity contribution in [1.82, 2.24) is 19.3 Å². The van der Waals surface area contributed by atoms with Crippen molar-refractivity contribution in [2.45, 2.75) is 25.4 Å². The Labute approximate surface area is 185 Å². The van der Waals surface area contributed by atoms with Crippen LogP contribution in [0.3, 0.4) is 0 Å². The third-order valence-corrected chi connectivity index (χ3v) is 5.90. The highest BCUT2D eigenvalue weighted by molar-refractivity contribution is 9.10. The van der Waals surface area contributed by atoms with Gasteiger partial charge in [0.15, 0.2) is 10.8 Å². The topological polar surface area (TPSA) is 97.0 Å². The van der Waals surface area contributed by atoms with Gasteiger partial charge in [-0.2, -0.15) is 0 Å². The summed E-state index contributed by atoms with van der Waals surface area (Å²) >= 11 is 9.55. The van der Waals surface area contributed by atoms with Gasteiger partial charge in [-0.1, -0.05) is 41.9 Å². The van der Waals surface area contributed by atoms with Crippen molar-refractivity contribution in [1.29, 1.82) is 0 Å². The van der Waals surface area contributed by atoms with Crippen molar-refractivity contribution in [2.75, 3.05) is 13.1 Å². The first-order valence-corrected chi connectivity index (χ1v) is 10.5. The molecule has 10 heteroatoms. The first-order chi connectivity index (χ1) is 14.5. The Morgan fingerprint density at radius 1 is 1.30 bits per heavy atom. The van der Waals surface area contributed by atoms with Gasteiger partial charge >= 0.3 is 12.1 Å². The standard InChI is InChI=1S/C20H18BrClN4O4/c21-16-15-17(22)23-9-14(19(27)28)26(15)18(24-16)13-7-4-8-25(10-13)20(29)30-11-12-5-2-1-3-6-12/h1-3,5-6,9,13H,4,7-8,10-11H2,(H,27,28). The molecule has 1 N–H and O–H groups in total. The van der Waals surface area contributed by atoms with Crippen molar-refractivity contribution in [2.24, 2.45) is 0 Å². The van der Waals surface area contributed by atoms with Crippen molar-refractivity contribution < 1.29 is 19.4 Å². The maximum absolute atomic E-state index is 12.6. The summed E-state index contributed by atoms with van der Waals surface area (Å²) < 4.78 is 7.37. The summed E-state index contributed by atoms with van der Waals surface area (Å²) in [5, 5.41) is 9.75. The number of carboxylic acid groups (broad SMARTS) is 1. The van der Waals surface area contributed by atoms with Crippen LogP contribution >= 0.6 is 27.5 Å². The fourth-order valence-corrected chi connectivity index (χ4v) is 4.54. The zero-order chi connectivity index (χ0) is 21.3. The van der Waals surface area contributed by atoms with E-state index >= 15 is 0 Å². The summed E-state index contributed by atoms with van der Waals surface area (Å²) in [4.78, 5) is 34.4. The average molecular weight is 494 g/mol. The molecular weight excluding hydrogens is 476 g/mol. The number of carbonyl (C=O) groups excluding carboxylic acids is 1. The highest BCUT2D eigenvalue weighted by Gasteiger charge is 2.31. The fraction of sp³-hybridized carbons (Fsp3) is 0.300. The van der Waals surface area contributed by atoms with Gasteiger partial charge in [0.25, 0.3) is 0 Å². The molecule has 1 aliphatic rings. The van der Waals surface area contributed by atoms with Crippen LogP contribution in [0.2, 0.25) is 5.15 Å². The lowest BCUT2D eigenvalue weighted by molar-refractivity contribution is 0.0685. The summed E-state index contributed by atoms with van der Waals surface area (Å²) in [5.41, 5.74) is 1.28. The van der Waals surface area contributed by atoms with Gasteiger partial charge in [0.2, 0.25) is 0 Å². The number of rotatable bonds is 4. The van der Waals surface area contributed by atoms with E-state index in [1.807, 2.05) is 30.3 Å². The molecule has 0 spiro atoms. The van der Waals surface area contributed by atoms with Crippen molar-refractivity contribution in [3.8, 4) is 0 Å². The minimum absolute atomic E-state index is 0.0358. The van der Waals surface area contributed by atoms with Crippen LogP contribution in [-0.2, 0) is 11.3 Å². The highest BCUT2D eigenvalue weighted by Crippen LogP contribution is 2.33. The van der Waals surface area contributed by atoms with Gasteiger partial charge in [0, 0.05) is 19.0 Å². The molecule has 1 saturated heterocycles. The van der Waals surface area contributed by atoms with Gasteiger partial charge in [-0.05, 0) is 34.3 Å². The molecule has 156 valence electrons. The molecule has 3 heterocycles. The van der Waals surface area contributed by atoms with Crippen LogP contribution in [0.25, 0.3) is 5.52 Å². The maximum atomic E-state index is 12.6. The molecule has 1 aliphatic heterocycles. The number of fused-ring (bicyclic) bond motifs is 1. The molecule has 1 fully saturated rings. The number of piperidine rings is 1. The molecule has 0 aliphatic carbocycles. The lowest BCUT2D eigenvalue weighted by Crippen LogP contribution is -2.40. The number of likely N-dealkylation sites (tertiary alicyclic amines) is 1. The van der Waals surface area contributed by atoms with Gasteiger partial charge in [0.05, 0.1) is 6.20 Å². The van der Waals surface area contributed by atoms with Gasteiger partial charge in [-0.15, -0.1) is 0 Å². The first-order valence-electron chi connectivity index (χ1n) is 9.37. The minimum Gasteiger partial charge on any atom is -0.477 e. The van der Waals surface area contributed by atoms with Gasteiger partial charge in [0.1, 0.15) is 22.6 Å². The van der Waals surface area contributed by atoms with Crippen LogP contribution < -0.4 is 0 Å². The van der Waals surface area contributed by atoms with Crippen LogP contribution in [0.4, 0.5) is 4.79 Å². The van der Waals surface area contributed by atoms with E-state index < -0.39 is 12.1 Å². The Balaban J connectivity index is 1.57. The second-order valence-corrected chi connectivity index (χ2v) is 8.12.